The largest absolute Gasteiger partial charge is 0.480 e. The fraction of sp³-hybridized carbons (Fsp3) is 0.923. The maximum atomic E-state index is 11.3. The number of hydrogen-bond acceptors (Lipinski definition) is 3. The Morgan fingerprint density at radius 2 is 1.88 bits per heavy atom. The average molecular weight is 242 g/mol. The molecule has 0 amide bonds. The van der Waals surface area contributed by atoms with Crippen molar-refractivity contribution >= 4 is 5.97 Å². The second-order valence-corrected chi connectivity index (χ2v) is 4.92. The zero-order valence-electron chi connectivity index (χ0n) is 11.2. The van der Waals surface area contributed by atoms with Crippen molar-refractivity contribution in [3.05, 3.63) is 0 Å². The second kappa shape index (κ2) is 6.97. The molecule has 100 valence electrons. The highest BCUT2D eigenvalue weighted by Crippen LogP contribution is 2.15. The van der Waals surface area contributed by atoms with E-state index in [2.05, 4.69) is 10.2 Å². The third-order valence-electron chi connectivity index (χ3n) is 3.93. The van der Waals surface area contributed by atoms with Crippen molar-refractivity contribution < 1.29 is 9.90 Å². The molecule has 4 nitrogen and oxygen atoms in total. The molecule has 1 heterocycles. The molecule has 0 aromatic carbocycles. The summed E-state index contributed by atoms with van der Waals surface area (Å²) in [4.78, 5) is 13.7. The lowest BCUT2D eigenvalue weighted by Crippen LogP contribution is -2.51. The van der Waals surface area contributed by atoms with Gasteiger partial charge in [-0.05, 0) is 58.3 Å². The van der Waals surface area contributed by atoms with E-state index in [1.807, 2.05) is 13.8 Å². The van der Waals surface area contributed by atoms with Crippen molar-refractivity contribution in [1.29, 1.82) is 0 Å². The van der Waals surface area contributed by atoms with Gasteiger partial charge in [-0.1, -0.05) is 13.8 Å². The average Bonchev–Trinajstić information content (AvgIpc) is 2.82. The third-order valence-corrected chi connectivity index (χ3v) is 3.93. The number of nitrogens with zero attached hydrogens (tertiary/aromatic N) is 1. The first kappa shape index (κ1) is 14.5. The van der Waals surface area contributed by atoms with E-state index in [1.165, 1.54) is 25.9 Å². The summed E-state index contributed by atoms with van der Waals surface area (Å²) >= 11 is 0. The van der Waals surface area contributed by atoms with Gasteiger partial charge < -0.3 is 15.3 Å². The van der Waals surface area contributed by atoms with Gasteiger partial charge in [0, 0.05) is 0 Å². The van der Waals surface area contributed by atoms with Gasteiger partial charge in [-0.2, -0.15) is 0 Å². The van der Waals surface area contributed by atoms with Gasteiger partial charge in [0.05, 0.1) is 0 Å². The fourth-order valence-electron chi connectivity index (χ4n) is 2.51. The Morgan fingerprint density at radius 1 is 1.29 bits per heavy atom. The van der Waals surface area contributed by atoms with Gasteiger partial charge >= 0.3 is 5.97 Å². The molecule has 0 bridgehead atoms. The second-order valence-electron chi connectivity index (χ2n) is 4.92. The van der Waals surface area contributed by atoms with Gasteiger partial charge in [-0.3, -0.25) is 4.79 Å². The van der Waals surface area contributed by atoms with Crippen molar-refractivity contribution in [2.45, 2.75) is 51.5 Å². The van der Waals surface area contributed by atoms with Crippen molar-refractivity contribution in [1.82, 2.24) is 10.2 Å². The van der Waals surface area contributed by atoms with E-state index >= 15 is 0 Å². The van der Waals surface area contributed by atoms with Crippen LogP contribution in [0, 0.1) is 0 Å². The molecular formula is C13H26N2O2. The minimum atomic E-state index is -0.719. The molecule has 0 spiro atoms. The summed E-state index contributed by atoms with van der Waals surface area (Å²) in [5.41, 5.74) is -0.717. The van der Waals surface area contributed by atoms with Crippen LogP contribution in [0.1, 0.15) is 46.0 Å². The molecule has 1 fully saturated rings. The summed E-state index contributed by atoms with van der Waals surface area (Å²) in [5, 5.41) is 12.5. The van der Waals surface area contributed by atoms with E-state index in [9.17, 15) is 9.90 Å². The lowest BCUT2D eigenvalue weighted by Gasteiger charge is -2.28. The van der Waals surface area contributed by atoms with Crippen LogP contribution in [0.25, 0.3) is 0 Å². The third kappa shape index (κ3) is 3.96. The quantitative estimate of drug-likeness (QED) is 0.636. The molecule has 1 aliphatic rings. The Balaban J connectivity index is 2.24. The Kier molecular flexibility index (Phi) is 5.92. The van der Waals surface area contributed by atoms with E-state index in [0.29, 0.717) is 12.8 Å². The van der Waals surface area contributed by atoms with Crippen molar-refractivity contribution in [2.75, 3.05) is 26.2 Å². The molecule has 0 radical (unpaired) electrons. The summed E-state index contributed by atoms with van der Waals surface area (Å²) in [5.74, 6) is -0.719. The predicted molar refractivity (Wildman–Crippen MR) is 69.2 cm³/mol. The van der Waals surface area contributed by atoms with Crippen LogP contribution in [0.15, 0.2) is 0 Å². The number of carboxylic acid groups (broad SMARTS) is 1. The Labute approximate surface area is 104 Å². The molecular weight excluding hydrogens is 216 g/mol. The SMILES string of the molecule is CCC(CC)(NCCCN1CCCC1)C(=O)O. The zero-order chi connectivity index (χ0) is 12.7. The smallest absolute Gasteiger partial charge is 0.323 e. The predicted octanol–water partition coefficient (Wildman–Crippen LogP) is 1.71. The summed E-state index contributed by atoms with van der Waals surface area (Å²) < 4.78 is 0. The van der Waals surface area contributed by atoms with Gasteiger partial charge in [0.1, 0.15) is 5.54 Å². The molecule has 2 N–H and O–H groups in total. The fourth-order valence-corrected chi connectivity index (χ4v) is 2.51. The summed E-state index contributed by atoms with van der Waals surface area (Å²) in [6.45, 7) is 8.19. The Bertz CT molecular complexity index is 234. The monoisotopic (exact) mass is 242 g/mol. The van der Waals surface area contributed by atoms with Crippen molar-refractivity contribution in [3.8, 4) is 0 Å². The lowest BCUT2D eigenvalue weighted by atomic mass is 9.93. The molecule has 0 unspecified atom stereocenters. The van der Waals surface area contributed by atoms with E-state index in [0.717, 1.165) is 19.5 Å². The van der Waals surface area contributed by atoms with E-state index in [1.54, 1.807) is 0 Å². The Hall–Kier alpha value is -0.610. The first-order valence-corrected chi connectivity index (χ1v) is 6.85. The lowest BCUT2D eigenvalue weighted by molar-refractivity contribution is -0.145. The number of carboxylic acids is 1. The summed E-state index contributed by atoms with van der Waals surface area (Å²) in [6.07, 6.45) is 4.95. The number of rotatable bonds is 8. The van der Waals surface area contributed by atoms with Gasteiger partial charge in [-0.25, -0.2) is 0 Å². The topological polar surface area (TPSA) is 52.6 Å². The minimum Gasteiger partial charge on any atom is -0.480 e. The van der Waals surface area contributed by atoms with E-state index < -0.39 is 11.5 Å². The zero-order valence-corrected chi connectivity index (χ0v) is 11.2. The Morgan fingerprint density at radius 3 is 2.35 bits per heavy atom. The molecule has 0 saturated carbocycles. The minimum absolute atomic E-state index is 0.641. The van der Waals surface area contributed by atoms with Crippen molar-refractivity contribution in [2.24, 2.45) is 0 Å². The first-order chi connectivity index (χ1) is 8.14. The van der Waals surface area contributed by atoms with Gasteiger partial charge in [0.15, 0.2) is 0 Å². The molecule has 1 saturated heterocycles. The first-order valence-electron chi connectivity index (χ1n) is 6.85. The number of hydrogen-bond donors (Lipinski definition) is 2. The highest BCUT2D eigenvalue weighted by molar-refractivity contribution is 5.78. The molecule has 0 aliphatic carbocycles. The number of aliphatic carboxylic acids is 1. The van der Waals surface area contributed by atoms with Crippen LogP contribution in [0.4, 0.5) is 0 Å². The van der Waals surface area contributed by atoms with Crippen LogP contribution in [0.3, 0.4) is 0 Å². The van der Waals surface area contributed by atoms with E-state index in [-0.39, 0.29) is 0 Å². The van der Waals surface area contributed by atoms with Gasteiger partial charge in [-0.15, -0.1) is 0 Å². The maximum Gasteiger partial charge on any atom is 0.323 e. The molecule has 0 aromatic heterocycles. The molecule has 4 heteroatoms. The van der Waals surface area contributed by atoms with Crippen LogP contribution in [0.5, 0.6) is 0 Å². The number of likely N-dealkylation sites (tertiary alicyclic amines) is 1. The maximum absolute atomic E-state index is 11.3. The van der Waals surface area contributed by atoms with Crippen LogP contribution in [0.2, 0.25) is 0 Å². The van der Waals surface area contributed by atoms with Gasteiger partial charge in [0.25, 0.3) is 0 Å². The normalized spacial score (nSPS) is 17.5. The van der Waals surface area contributed by atoms with Crippen LogP contribution in [-0.4, -0.2) is 47.7 Å². The highest BCUT2D eigenvalue weighted by Gasteiger charge is 2.33. The summed E-state index contributed by atoms with van der Waals surface area (Å²) in [6, 6.07) is 0. The van der Waals surface area contributed by atoms with Gasteiger partial charge in [0.2, 0.25) is 0 Å². The summed E-state index contributed by atoms with van der Waals surface area (Å²) in [7, 11) is 0. The van der Waals surface area contributed by atoms with Crippen LogP contribution in [-0.2, 0) is 4.79 Å². The molecule has 1 rings (SSSR count). The molecule has 0 atom stereocenters. The standard InChI is InChI=1S/C13H26N2O2/c1-3-13(4-2,12(16)17)14-8-7-11-15-9-5-6-10-15/h14H,3-11H2,1-2H3,(H,16,17). The number of carbonyl (C=O) groups is 1. The molecule has 0 aromatic rings. The molecule has 17 heavy (non-hydrogen) atoms. The van der Waals surface area contributed by atoms with Crippen LogP contribution >= 0.6 is 0 Å². The molecule has 1 aliphatic heterocycles. The number of nitrogens with one attached hydrogen (secondary N) is 1. The van der Waals surface area contributed by atoms with Crippen LogP contribution < -0.4 is 5.32 Å². The van der Waals surface area contributed by atoms with Crippen molar-refractivity contribution in [3.63, 3.8) is 0 Å². The van der Waals surface area contributed by atoms with E-state index in [4.69, 9.17) is 0 Å². The highest BCUT2D eigenvalue weighted by atomic mass is 16.4.